The van der Waals surface area contributed by atoms with E-state index >= 15 is 0 Å². The first-order chi connectivity index (χ1) is 7.79. The summed E-state index contributed by atoms with van der Waals surface area (Å²) in [6.07, 6.45) is 9.91. The van der Waals surface area contributed by atoms with Crippen LogP contribution in [-0.2, 0) is 0 Å². The predicted molar refractivity (Wildman–Crippen MR) is 69.4 cm³/mol. The van der Waals surface area contributed by atoms with Gasteiger partial charge in [-0.05, 0) is 18.1 Å². The highest BCUT2D eigenvalue weighted by atomic mass is 16.1. The molecule has 0 aliphatic heterocycles. The molecular weight excluding hydrogens is 196 g/mol. The van der Waals surface area contributed by atoms with Gasteiger partial charge in [-0.25, -0.2) is 0 Å². The predicted octanol–water partition coefficient (Wildman–Crippen LogP) is 4.03. The van der Waals surface area contributed by atoms with Gasteiger partial charge >= 0.3 is 0 Å². The number of rotatable bonds is 5. The lowest BCUT2D eigenvalue weighted by Crippen LogP contribution is -1.96. The van der Waals surface area contributed by atoms with Crippen LogP contribution in [0.5, 0.6) is 0 Å². The van der Waals surface area contributed by atoms with E-state index in [9.17, 15) is 4.79 Å². The van der Waals surface area contributed by atoms with Crippen LogP contribution in [0.4, 0.5) is 0 Å². The molecule has 0 aliphatic rings. The van der Waals surface area contributed by atoms with Crippen molar-refractivity contribution in [2.75, 3.05) is 0 Å². The number of hydrogen-bond donors (Lipinski definition) is 0. The van der Waals surface area contributed by atoms with Gasteiger partial charge in [0, 0.05) is 5.56 Å². The molecule has 0 atom stereocenters. The van der Waals surface area contributed by atoms with Gasteiger partial charge in [-0.3, -0.25) is 4.79 Å². The fraction of sp³-hybridized carbons (Fsp3) is 0.133. The summed E-state index contributed by atoms with van der Waals surface area (Å²) in [6.45, 7) is 5.75. The average Bonchev–Trinajstić information content (AvgIpc) is 2.34. The van der Waals surface area contributed by atoms with Crippen molar-refractivity contribution in [2.24, 2.45) is 0 Å². The van der Waals surface area contributed by atoms with Gasteiger partial charge in [-0.15, -0.1) is 0 Å². The Kier molecular flexibility index (Phi) is 5.00. The number of carbonyl (C=O) groups is 1. The number of benzene rings is 1. The molecule has 0 spiro atoms. The molecule has 0 N–H and O–H groups in total. The normalized spacial score (nSPS) is 11.1. The molecule has 0 fully saturated rings. The minimum Gasteiger partial charge on any atom is -0.289 e. The van der Waals surface area contributed by atoms with E-state index in [1.807, 2.05) is 36.4 Å². The molecule has 0 unspecified atom stereocenters. The van der Waals surface area contributed by atoms with Crippen LogP contribution in [0.1, 0.15) is 29.3 Å². The zero-order valence-corrected chi connectivity index (χ0v) is 9.52. The molecule has 0 aliphatic carbocycles. The zero-order chi connectivity index (χ0) is 11.8. The molecular formula is C15H16O. The molecule has 82 valence electrons. The quantitative estimate of drug-likeness (QED) is 0.409. The third-order valence-corrected chi connectivity index (χ3v) is 2.18. The molecule has 1 rings (SSSR count). The van der Waals surface area contributed by atoms with Crippen LogP contribution in [-0.4, -0.2) is 5.78 Å². The Morgan fingerprint density at radius 1 is 1.31 bits per heavy atom. The number of ketones is 1. The fourth-order valence-corrected chi connectivity index (χ4v) is 1.35. The lowest BCUT2D eigenvalue weighted by atomic mass is 10.0. The summed E-state index contributed by atoms with van der Waals surface area (Å²) in [7, 11) is 0. The first-order valence-corrected chi connectivity index (χ1v) is 5.38. The smallest absolute Gasteiger partial charge is 0.186 e. The van der Waals surface area contributed by atoms with E-state index < -0.39 is 0 Å². The van der Waals surface area contributed by atoms with Gasteiger partial charge in [0.1, 0.15) is 0 Å². The zero-order valence-electron chi connectivity index (χ0n) is 9.52. The Morgan fingerprint density at radius 3 is 2.75 bits per heavy atom. The minimum atomic E-state index is 0.0104. The Bertz CT molecular complexity index is 425. The van der Waals surface area contributed by atoms with E-state index in [-0.39, 0.29) is 5.78 Å². The molecule has 1 aromatic rings. The molecule has 1 aromatic carbocycles. The lowest BCUT2D eigenvalue weighted by molar-refractivity contribution is 0.104. The van der Waals surface area contributed by atoms with Crippen LogP contribution in [0.25, 0.3) is 6.08 Å². The highest BCUT2D eigenvalue weighted by Gasteiger charge is 2.04. The summed E-state index contributed by atoms with van der Waals surface area (Å²) in [5.74, 6) is 0.0104. The Balaban J connectivity index is 2.84. The molecule has 16 heavy (non-hydrogen) atoms. The molecule has 1 heteroatoms. The summed E-state index contributed by atoms with van der Waals surface area (Å²) in [6, 6.07) is 7.45. The van der Waals surface area contributed by atoms with Gasteiger partial charge in [-0.1, -0.05) is 62.1 Å². The second kappa shape index (κ2) is 6.57. The third kappa shape index (κ3) is 3.35. The minimum absolute atomic E-state index is 0.0104. The van der Waals surface area contributed by atoms with Gasteiger partial charge in [0.05, 0.1) is 0 Å². The van der Waals surface area contributed by atoms with Crippen molar-refractivity contribution in [3.05, 3.63) is 66.3 Å². The Hall–Kier alpha value is -1.89. The summed E-state index contributed by atoms with van der Waals surface area (Å²) in [5, 5.41) is 0. The maximum Gasteiger partial charge on any atom is 0.186 e. The number of carbonyl (C=O) groups excluding carboxylic acids is 1. The molecule has 0 amide bonds. The maximum absolute atomic E-state index is 11.8. The van der Waals surface area contributed by atoms with E-state index in [0.29, 0.717) is 5.56 Å². The van der Waals surface area contributed by atoms with E-state index in [1.54, 1.807) is 18.2 Å². The van der Waals surface area contributed by atoms with Gasteiger partial charge < -0.3 is 0 Å². The summed E-state index contributed by atoms with van der Waals surface area (Å²) >= 11 is 0. The van der Waals surface area contributed by atoms with Crippen molar-refractivity contribution in [3.8, 4) is 0 Å². The van der Waals surface area contributed by atoms with Crippen molar-refractivity contribution in [1.29, 1.82) is 0 Å². The van der Waals surface area contributed by atoms with Gasteiger partial charge in [0.25, 0.3) is 0 Å². The summed E-state index contributed by atoms with van der Waals surface area (Å²) in [5.41, 5.74) is 1.57. The first-order valence-electron chi connectivity index (χ1n) is 5.38. The topological polar surface area (TPSA) is 17.1 Å². The molecule has 0 saturated carbocycles. The van der Waals surface area contributed by atoms with E-state index in [1.165, 1.54) is 0 Å². The highest BCUT2D eigenvalue weighted by molar-refractivity contribution is 6.07. The van der Waals surface area contributed by atoms with Gasteiger partial charge in [0.2, 0.25) is 0 Å². The molecule has 1 nitrogen and oxygen atoms in total. The first kappa shape index (κ1) is 12.2. The van der Waals surface area contributed by atoms with Crippen LogP contribution in [0.3, 0.4) is 0 Å². The van der Waals surface area contributed by atoms with Gasteiger partial charge in [0.15, 0.2) is 5.78 Å². The highest BCUT2D eigenvalue weighted by Crippen LogP contribution is 2.11. The SMILES string of the molecule is C=Cc1ccccc1C(=O)/C=C/C=C\CC. The van der Waals surface area contributed by atoms with Crippen LogP contribution in [0.2, 0.25) is 0 Å². The van der Waals surface area contributed by atoms with Crippen molar-refractivity contribution in [2.45, 2.75) is 13.3 Å². The average molecular weight is 212 g/mol. The largest absolute Gasteiger partial charge is 0.289 e. The van der Waals surface area contributed by atoms with Crippen LogP contribution < -0.4 is 0 Å². The Labute approximate surface area is 96.8 Å². The molecule has 0 aromatic heterocycles. The molecule has 0 radical (unpaired) electrons. The van der Waals surface area contributed by atoms with E-state index in [2.05, 4.69) is 13.5 Å². The van der Waals surface area contributed by atoms with Gasteiger partial charge in [-0.2, -0.15) is 0 Å². The van der Waals surface area contributed by atoms with E-state index in [4.69, 9.17) is 0 Å². The summed E-state index contributed by atoms with van der Waals surface area (Å²) < 4.78 is 0. The lowest BCUT2D eigenvalue weighted by Gasteiger charge is -2.00. The second-order valence-corrected chi connectivity index (χ2v) is 3.35. The second-order valence-electron chi connectivity index (χ2n) is 3.35. The van der Waals surface area contributed by atoms with Crippen molar-refractivity contribution in [1.82, 2.24) is 0 Å². The van der Waals surface area contributed by atoms with Crippen LogP contribution in [0, 0.1) is 0 Å². The summed E-state index contributed by atoms with van der Waals surface area (Å²) in [4.78, 5) is 11.8. The van der Waals surface area contributed by atoms with E-state index in [0.717, 1.165) is 12.0 Å². The molecule has 0 bridgehead atoms. The molecule has 0 saturated heterocycles. The van der Waals surface area contributed by atoms with Crippen molar-refractivity contribution < 1.29 is 4.79 Å². The van der Waals surface area contributed by atoms with Crippen molar-refractivity contribution >= 4 is 11.9 Å². The third-order valence-electron chi connectivity index (χ3n) is 2.18. The number of hydrogen-bond acceptors (Lipinski definition) is 1. The van der Waals surface area contributed by atoms with Crippen molar-refractivity contribution in [3.63, 3.8) is 0 Å². The standard InChI is InChI=1S/C15H16O/c1-3-5-6-7-12-15(16)14-11-9-8-10-13(14)4-2/h4-12H,2-3H2,1H3/b6-5-,12-7+. The molecule has 0 heterocycles. The monoisotopic (exact) mass is 212 g/mol. The maximum atomic E-state index is 11.8. The number of allylic oxidation sites excluding steroid dienone is 4. The fourth-order valence-electron chi connectivity index (χ4n) is 1.35. The Morgan fingerprint density at radius 2 is 2.06 bits per heavy atom. The van der Waals surface area contributed by atoms with Crippen LogP contribution in [0.15, 0.2) is 55.1 Å². The van der Waals surface area contributed by atoms with Crippen LogP contribution >= 0.6 is 0 Å².